The summed E-state index contributed by atoms with van der Waals surface area (Å²) >= 11 is 0. The number of carbonyl (C=O) groups is 3. The summed E-state index contributed by atoms with van der Waals surface area (Å²) < 4.78 is 12.6. The normalized spacial score (nSPS) is 33.4. The van der Waals surface area contributed by atoms with Gasteiger partial charge in [-0.05, 0) is 48.6 Å². The summed E-state index contributed by atoms with van der Waals surface area (Å²) in [6.07, 6.45) is 10.5. The number of fused-ring (bicyclic) bond motifs is 3. The van der Waals surface area contributed by atoms with Crippen LogP contribution in [0.2, 0.25) is 0 Å². The number of aliphatic hydroxyl groups is 1. The molecule has 2 aromatic rings. The summed E-state index contributed by atoms with van der Waals surface area (Å²) in [4.78, 5) is 45.3. The van der Waals surface area contributed by atoms with Gasteiger partial charge in [0, 0.05) is 18.8 Å². The number of allylic oxidation sites excluding steroid dienone is 1. The molecule has 0 saturated carbocycles. The van der Waals surface area contributed by atoms with E-state index >= 15 is 0 Å². The van der Waals surface area contributed by atoms with Crippen molar-refractivity contribution in [3.8, 4) is 0 Å². The van der Waals surface area contributed by atoms with E-state index in [2.05, 4.69) is 0 Å². The largest absolute Gasteiger partial charge is 0.465 e. The molecule has 5 atom stereocenters. The lowest BCUT2D eigenvalue weighted by Gasteiger charge is -2.38. The second kappa shape index (κ2) is 9.92. The highest BCUT2D eigenvalue weighted by Crippen LogP contribution is 2.58. The van der Waals surface area contributed by atoms with Crippen LogP contribution in [0, 0.1) is 11.8 Å². The fraction of sp³-hybridized carbons (Fsp3) is 0.452. The number of benzene rings is 2. The Hall–Kier alpha value is -3.49. The Morgan fingerprint density at radius 2 is 1.79 bits per heavy atom. The van der Waals surface area contributed by atoms with Gasteiger partial charge in [0.25, 0.3) is 5.91 Å². The molecule has 2 fully saturated rings. The van der Waals surface area contributed by atoms with Crippen LogP contribution < -0.4 is 4.90 Å². The van der Waals surface area contributed by atoms with E-state index in [-0.39, 0.29) is 38.1 Å². The van der Waals surface area contributed by atoms with E-state index in [4.69, 9.17) is 9.47 Å². The van der Waals surface area contributed by atoms with Crippen molar-refractivity contribution in [3.05, 3.63) is 66.8 Å². The molecule has 8 nitrogen and oxygen atoms in total. The van der Waals surface area contributed by atoms with Crippen LogP contribution in [-0.2, 0) is 23.9 Å². The first-order valence-electron chi connectivity index (χ1n) is 13.9. The van der Waals surface area contributed by atoms with E-state index < -0.39 is 35.0 Å². The Morgan fingerprint density at radius 3 is 2.59 bits per heavy atom. The van der Waals surface area contributed by atoms with Crippen LogP contribution in [0.1, 0.15) is 32.6 Å². The standard InChI is InChI=1S/C31H34N2O6/c1-2-30-14-7-3-4-8-19-38-29(37)25(30)24-27(35)33(17-18-34)26-28(36)32(16-9-15-31(24,26)39-30)23-13-12-21-10-5-6-11-22(21)20-23/h5-7,9-15,20,24-26,34H,2-4,8,16-19H2,1H3/b14-7-/t24-,25-,26?,30+,31-/m0/s1. The number of β-amino-alcohol motifs (C(OH)–C–C–N with tert-alkyl or cyclic N) is 1. The Bertz CT molecular complexity index is 1370. The van der Waals surface area contributed by atoms with Crippen LogP contribution in [-0.4, -0.2) is 71.3 Å². The number of anilines is 1. The molecule has 4 heterocycles. The Balaban J connectivity index is 1.48. The van der Waals surface area contributed by atoms with Gasteiger partial charge in [-0.15, -0.1) is 0 Å². The highest BCUT2D eigenvalue weighted by Gasteiger charge is 2.75. The number of hydrogen-bond acceptors (Lipinski definition) is 6. The average Bonchev–Trinajstić information content (AvgIpc) is 3.29. The first kappa shape index (κ1) is 25.8. The van der Waals surface area contributed by atoms with Crippen LogP contribution in [0.3, 0.4) is 0 Å². The topological polar surface area (TPSA) is 96.4 Å². The van der Waals surface area contributed by atoms with Gasteiger partial charge < -0.3 is 24.4 Å². The van der Waals surface area contributed by atoms with Crippen LogP contribution in [0.4, 0.5) is 5.69 Å². The van der Waals surface area contributed by atoms with Gasteiger partial charge in [0.15, 0.2) is 0 Å². The Morgan fingerprint density at radius 1 is 0.974 bits per heavy atom. The first-order valence-corrected chi connectivity index (χ1v) is 13.9. The number of likely N-dealkylation sites (tertiary alicyclic amines) is 1. The maximum Gasteiger partial charge on any atom is 0.313 e. The SMILES string of the molecule is CC[C@@]12/C=C\CCCCOC(=O)[C@@H]1[C@H]1C(=O)N(CCO)C3C(=O)N(c4ccc5ccccc5c4)CC=C[C@@]31O2. The highest BCUT2D eigenvalue weighted by molar-refractivity contribution is 6.06. The van der Waals surface area contributed by atoms with Crippen molar-refractivity contribution < 1.29 is 29.0 Å². The fourth-order valence-corrected chi connectivity index (χ4v) is 6.96. The van der Waals surface area contributed by atoms with Gasteiger partial charge in [0.05, 0.1) is 19.1 Å². The summed E-state index contributed by atoms with van der Waals surface area (Å²) in [5.41, 5.74) is -1.74. The van der Waals surface area contributed by atoms with Gasteiger partial charge in [0.1, 0.15) is 23.2 Å². The molecule has 2 saturated heterocycles. The molecule has 0 aromatic heterocycles. The van der Waals surface area contributed by atoms with Crippen LogP contribution >= 0.6 is 0 Å². The van der Waals surface area contributed by atoms with Crippen molar-refractivity contribution in [3.63, 3.8) is 0 Å². The third kappa shape index (κ3) is 3.92. The molecular weight excluding hydrogens is 496 g/mol. The summed E-state index contributed by atoms with van der Waals surface area (Å²) in [6.45, 7) is 2.16. The zero-order valence-electron chi connectivity index (χ0n) is 22.1. The molecule has 39 heavy (non-hydrogen) atoms. The van der Waals surface area contributed by atoms with E-state index in [0.717, 1.165) is 30.0 Å². The summed E-state index contributed by atoms with van der Waals surface area (Å²) in [6, 6.07) is 12.7. The molecule has 2 aromatic carbocycles. The maximum atomic E-state index is 14.5. The van der Waals surface area contributed by atoms with Gasteiger partial charge in [-0.1, -0.05) is 61.6 Å². The van der Waals surface area contributed by atoms with Crippen molar-refractivity contribution >= 4 is 34.2 Å². The van der Waals surface area contributed by atoms with E-state index in [9.17, 15) is 19.5 Å². The molecule has 2 amide bonds. The lowest BCUT2D eigenvalue weighted by Crippen LogP contribution is -2.56. The number of carbonyl (C=O) groups excluding carboxylic acids is 3. The monoisotopic (exact) mass is 530 g/mol. The van der Waals surface area contributed by atoms with Crippen molar-refractivity contribution in [2.45, 2.75) is 49.9 Å². The second-order valence-corrected chi connectivity index (χ2v) is 10.8. The predicted octanol–water partition coefficient (Wildman–Crippen LogP) is 3.38. The van der Waals surface area contributed by atoms with Crippen molar-refractivity contribution in [1.29, 1.82) is 0 Å². The van der Waals surface area contributed by atoms with Gasteiger partial charge in [-0.25, -0.2) is 0 Å². The van der Waals surface area contributed by atoms with E-state index in [0.29, 0.717) is 12.1 Å². The number of nitrogens with zero attached hydrogens (tertiary/aromatic N) is 2. The van der Waals surface area contributed by atoms with Gasteiger partial charge in [-0.2, -0.15) is 0 Å². The number of hydrogen-bond donors (Lipinski definition) is 1. The summed E-state index contributed by atoms with van der Waals surface area (Å²) in [7, 11) is 0. The maximum absolute atomic E-state index is 14.5. The molecule has 1 N–H and O–H groups in total. The number of esters is 1. The lowest BCUT2D eigenvalue weighted by atomic mass is 9.73. The van der Waals surface area contributed by atoms with Crippen LogP contribution in [0.15, 0.2) is 66.8 Å². The van der Waals surface area contributed by atoms with Crippen molar-refractivity contribution in [1.82, 2.24) is 4.90 Å². The number of cyclic esters (lactones) is 1. The smallest absolute Gasteiger partial charge is 0.313 e. The molecule has 4 aliphatic rings. The number of rotatable bonds is 4. The minimum atomic E-state index is -1.37. The van der Waals surface area contributed by atoms with Gasteiger partial charge in [-0.3, -0.25) is 14.4 Å². The third-order valence-corrected chi connectivity index (χ3v) is 8.77. The number of ether oxygens (including phenoxy) is 2. The quantitative estimate of drug-likeness (QED) is 0.481. The average molecular weight is 531 g/mol. The van der Waals surface area contributed by atoms with E-state index in [1.807, 2.05) is 73.7 Å². The lowest BCUT2D eigenvalue weighted by molar-refractivity contribution is -0.160. The molecular formula is C31H34N2O6. The predicted molar refractivity (Wildman–Crippen MR) is 146 cm³/mol. The highest BCUT2D eigenvalue weighted by atomic mass is 16.6. The molecule has 8 heteroatoms. The molecule has 4 aliphatic heterocycles. The first-order chi connectivity index (χ1) is 19.0. The van der Waals surface area contributed by atoms with E-state index in [1.165, 1.54) is 4.90 Å². The van der Waals surface area contributed by atoms with Gasteiger partial charge >= 0.3 is 5.97 Å². The fourth-order valence-electron chi connectivity index (χ4n) is 6.96. The van der Waals surface area contributed by atoms with Crippen LogP contribution in [0.25, 0.3) is 10.8 Å². The third-order valence-electron chi connectivity index (χ3n) is 8.77. The minimum absolute atomic E-state index is 0.0347. The molecule has 204 valence electrons. The van der Waals surface area contributed by atoms with Gasteiger partial charge in [0.2, 0.25) is 5.91 Å². The minimum Gasteiger partial charge on any atom is -0.465 e. The Kier molecular flexibility index (Phi) is 6.55. The summed E-state index contributed by atoms with van der Waals surface area (Å²) in [5, 5.41) is 12.0. The molecule has 0 radical (unpaired) electrons. The molecule has 0 aliphatic carbocycles. The second-order valence-electron chi connectivity index (χ2n) is 10.8. The van der Waals surface area contributed by atoms with Crippen LogP contribution in [0.5, 0.6) is 0 Å². The van der Waals surface area contributed by atoms with Crippen molar-refractivity contribution in [2.75, 3.05) is 31.2 Å². The number of amides is 2. The molecule has 6 rings (SSSR count). The zero-order valence-corrected chi connectivity index (χ0v) is 22.1. The number of aliphatic hydroxyl groups excluding tert-OH is 1. The molecule has 0 bridgehead atoms. The summed E-state index contributed by atoms with van der Waals surface area (Å²) in [5.74, 6) is -2.98. The van der Waals surface area contributed by atoms with Crippen molar-refractivity contribution in [2.24, 2.45) is 11.8 Å². The molecule has 1 unspecified atom stereocenters. The Labute approximate surface area is 227 Å². The molecule has 1 spiro atoms. The van der Waals surface area contributed by atoms with E-state index in [1.54, 1.807) is 4.90 Å². The zero-order chi connectivity index (χ0) is 27.2.